The maximum absolute atomic E-state index is 11.8. The minimum absolute atomic E-state index is 0.0595. The number of ketones is 1. The molecule has 0 spiro atoms. The van der Waals surface area contributed by atoms with Gasteiger partial charge in [-0.05, 0) is 0 Å². The van der Waals surface area contributed by atoms with Crippen molar-refractivity contribution in [2.45, 2.75) is 53.4 Å². The zero-order valence-corrected chi connectivity index (χ0v) is 11.0. The normalized spacial score (nSPS) is 12.9. The third kappa shape index (κ3) is 3.19. The van der Waals surface area contributed by atoms with Gasteiger partial charge in [-0.2, -0.15) is 0 Å². The topological polar surface area (TPSA) is 43.1 Å². The van der Waals surface area contributed by atoms with Gasteiger partial charge in [0.15, 0.2) is 0 Å². The second-order valence-corrected chi connectivity index (χ2v) is 6.28. The van der Waals surface area contributed by atoms with Crippen LogP contribution in [0.1, 0.15) is 53.0 Å². The number of hydrogen-bond donors (Lipinski definition) is 0. The Morgan fingerprint density at radius 2 is 1.81 bits per heavy atom. The Balaban J connectivity index is 2.78. The fourth-order valence-corrected chi connectivity index (χ4v) is 1.18. The lowest BCUT2D eigenvalue weighted by Gasteiger charge is -2.15. The highest BCUT2D eigenvalue weighted by Gasteiger charge is 2.24. The Morgan fingerprint density at radius 3 is 2.19 bits per heavy atom. The number of Topliss-reactive ketones (excluding diaryl/α,β-unsaturated/α-hetero) is 1. The van der Waals surface area contributed by atoms with E-state index in [1.54, 1.807) is 0 Å². The molecule has 1 rings (SSSR count). The van der Waals surface area contributed by atoms with Crippen LogP contribution >= 0.6 is 0 Å². The Bertz CT molecular complexity index is 377. The largest absolute Gasteiger partial charge is 0.361 e. The fraction of sp³-hybridized carbons (Fsp3) is 0.692. The molecule has 1 aromatic rings. The summed E-state index contributed by atoms with van der Waals surface area (Å²) >= 11 is 0. The molecule has 16 heavy (non-hydrogen) atoms. The van der Waals surface area contributed by atoms with Crippen LogP contribution in [0.15, 0.2) is 10.6 Å². The minimum atomic E-state index is -0.319. The van der Waals surface area contributed by atoms with Crippen LogP contribution in [0.4, 0.5) is 0 Å². The average molecular weight is 223 g/mol. The van der Waals surface area contributed by atoms with Crippen LogP contribution in [0, 0.1) is 5.41 Å². The van der Waals surface area contributed by atoms with Crippen molar-refractivity contribution < 1.29 is 9.32 Å². The maximum Gasteiger partial charge on any atom is 0.144 e. The standard InChI is InChI=1S/C13H21NO2/c1-12(2,3)10(15)7-9-8-11(16-14-9)13(4,5)6/h8H,7H2,1-6H3. The maximum atomic E-state index is 11.8. The number of rotatable bonds is 2. The Kier molecular flexibility index (Phi) is 3.27. The van der Waals surface area contributed by atoms with Crippen LogP contribution in [-0.2, 0) is 16.6 Å². The zero-order chi connectivity index (χ0) is 12.6. The number of nitrogens with zero attached hydrogens (tertiary/aromatic N) is 1. The van der Waals surface area contributed by atoms with E-state index >= 15 is 0 Å². The van der Waals surface area contributed by atoms with Crippen LogP contribution in [0.2, 0.25) is 0 Å². The molecule has 0 aliphatic rings. The van der Waals surface area contributed by atoms with Crippen molar-refractivity contribution in [3.8, 4) is 0 Å². The van der Waals surface area contributed by atoms with E-state index in [0.717, 1.165) is 11.5 Å². The first-order valence-electron chi connectivity index (χ1n) is 5.60. The smallest absolute Gasteiger partial charge is 0.144 e. The van der Waals surface area contributed by atoms with Crippen LogP contribution in [0.3, 0.4) is 0 Å². The van der Waals surface area contributed by atoms with Gasteiger partial charge < -0.3 is 4.52 Å². The summed E-state index contributed by atoms with van der Waals surface area (Å²) in [5, 5.41) is 3.94. The molecule has 0 aromatic carbocycles. The van der Waals surface area contributed by atoms with Crippen LogP contribution in [-0.4, -0.2) is 10.9 Å². The number of carbonyl (C=O) groups is 1. The molecule has 0 radical (unpaired) electrons. The van der Waals surface area contributed by atoms with Gasteiger partial charge in [0.1, 0.15) is 11.5 Å². The van der Waals surface area contributed by atoms with Crippen LogP contribution in [0.5, 0.6) is 0 Å². The fourth-order valence-electron chi connectivity index (χ4n) is 1.18. The van der Waals surface area contributed by atoms with E-state index in [0.29, 0.717) is 6.42 Å². The molecule has 3 heteroatoms. The molecule has 0 aliphatic carbocycles. The average Bonchev–Trinajstić information content (AvgIpc) is 2.49. The summed E-state index contributed by atoms with van der Waals surface area (Å²) in [6.45, 7) is 11.9. The molecule has 0 unspecified atom stereocenters. The molecule has 90 valence electrons. The minimum Gasteiger partial charge on any atom is -0.361 e. The van der Waals surface area contributed by atoms with E-state index in [1.807, 2.05) is 26.8 Å². The van der Waals surface area contributed by atoms with E-state index in [2.05, 4.69) is 25.9 Å². The second kappa shape index (κ2) is 4.04. The Hall–Kier alpha value is -1.12. The van der Waals surface area contributed by atoms with Crippen LogP contribution < -0.4 is 0 Å². The van der Waals surface area contributed by atoms with Gasteiger partial charge in [0, 0.05) is 16.9 Å². The first kappa shape index (κ1) is 12.9. The highest BCUT2D eigenvalue weighted by atomic mass is 16.5. The van der Waals surface area contributed by atoms with E-state index < -0.39 is 0 Å². The molecule has 0 N–H and O–H groups in total. The van der Waals surface area contributed by atoms with Crippen molar-refractivity contribution in [2.75, 3.05) is 0 Å². The van der Waals surface area contributed by atoms with Gasteiger partial charge >= 0.3 is 0 Å². The third-order valence-corrected chi connectivity index (χ3v) is 2.48. The third-order valence-electron chi connectivity index (χ3n) is 2.48. The summed E-state index contributed by atoms with van der Waals surface area (Å²) < 4.78 is 5.24. The summed E-state index contributed by atoms with van der Waals surface area (Å²) in [5.41, 5.74) is 0.349. The van der Waals surface area contributed by atoms with E-state index in [1.165, 1.54) is 0 Å². The highest BCUT2D eigenvalue weighted by molar-refractivity contribution is 5.85. The van der Waals surface area contributed by atoms with E-state index in [-0.39, 0.29) is 16.6 Å². The second-order valence-electron chi connectivity index (χ2n) is 6.28. The lowest BCUT2D eigenvalue weighted by atomic mass is 9.87. The van der Waals surface area contributed by atoms with E-state index in [9.17, 15) is 4.79 Å². The van der Waals surface area contributed by atoms with Crippen molar-refractivity contribution in [1.82, 2.24) is 5.16 Å². The summed E-state index contributed by atoms with van der Waals surface area (Å²) in [4.78, 5) is 11.8. The Labute approximate surface area is 97.2 Å². The van der Waals surface area contributed by atoms with Gasteiger partial charge in [-0.1, -0.05) is 46.7 Å². The SMILES string of the molecule is CC(C)(C)C(=O)Cc1cc(C(C)(C)C)on1. The van der Waals surface area contributed by atoms with Gasteiger partial charge in [0.25, 0.3) is 0 Å². The lowest BCUT2D eigenvalue weighted by Crippen LogP contribution is -2.22. The van der Waals surface area contributed by atoms with E-state index in [4.69, 9.17) is 4.52 Å². The summed E-state index contributed by atoms with van der Waals surface area (Å²) in [6, 6.07) is 1.88. The molecule has 0 amide bonds. The highest BCUT2D eigenvalue weighted by Crippen LogP contribution is 2.24. The monoisotopic (exact) mass is 223 g/mol. The molecule has 0 atom stereocenters. The molecule has 0 saturated heterocycles. The molecule has 0 bridgehead atoms. The zero-order valence-electron chi connectivity index (χ0n) is 11.0. The first-order valence-corrected chi connectivity index (χ1v) is 5.60. The first-order chi connectivity index (χ1) is 7.10. The van der Waals surface area contributed by atoms with Crippen molar-refractivity contribution in [1.29, 1.82) is 0 Å². The predicted molar refractivity (Wildman–Crippen MR) is 63.4 cm³/mol. The predicted octanol–water partition coefficient (Wildman–Crippen LogP) is 3.13. The Morgan fingerprint density at radius 1 is 1.25 bits per heavy atom. The molecule has 0 aliphatic heterocycles. The molecule has 1 heterocycles. The van der Waals surface area contributed by atoms with Gasteiger partial charge in [-0.3, -0.25) is 4.79 Å². The number of carbonyl (C=O) groups excluding carboxylic acids is 1. The number of hydrogen-bond acceptors (Lipinski definition) is 3. The van der Waals surface area contributed by atoms with Crippen molar-refractivity contribution >= 4 is 5.78 Å². The molecule has 0 fully saturated rings. The van der Waals surface area contributed by atoms with Gasteiger partial charge in [0.2, 0.25) is 0 Å². The lowest BCUT2D eigenvalue weighted by molar-refractivity contribution is -0.125. The molecule has 0 saturated carbocycles. The van der Waals surface area contributed by atoms with Crippen molar-refractivity contribution in [3.05, 3.63) is 17.5 Å². The summed E-state index contributed by atoms with van der Waals surface area (Å²) in [7, 11) is 0. The summed E-state index contributed by atoms with van der Waals surface area (Å²) in [5.74, 6) is 1.01. The van der Waals surface area contributed by atoms with Crippen LogP contribution in [0.25, 0.3) is 0 Å². The van der Waals surface area contributed by atoms with Gasteiger partial charge in [-0.25, -0.2) is 0 Å². The van der Waals surface area contributed by atoms with Crippen molar-refractivity contribution in [2.24, 2.45) is 5.41 Å². The van der Waals surface area contributed by atoms with Gasteiger partial charge in [0.05, 0.1) is 12.1 Å². The molecular formula is C13H21NO2. The van der Waals surface area contributed by atoms with Crippen molar-refractivity contribution in [3.63, 3.8) is 0 Å². The molecule has 1 aromatic heterocycles. The number of aromatic nitrogens is 1. The molecular weight excluding hydrogens is 202 g/mol. The van der Waals surface area contributed by atoms with Gasteiger partial charge in [-0.15, -0.1) is 0 Å². The quantitative estimate of drug-likeness (QED) is 0.773. The molecule has 3 nitrogen and oxygen atoms in total. The summed E-state index contributed by atoms with van der Waals surface area (Å²) in [6.07, 6.45) is 0.350.